The third kappa shape index (κ3) is 2.75. The lowest BCUT2D eigenvalue weighted by atomic mass is 9.85. The zero-order valence-electron chi connectivity index (χ0n) is 15.8. The van der Waals surface area contributed by atoms with Crippen LogP contribution in [-0.2, 0) is 18.9 Å². The van der Waals surface area contributed by atoms with Gasteiger partial charge in [0.15, 0.2) is 11.5 Å². The number of carbonyl (C=O) groups excluding carboxylic acids is 1. The van der Waals surface area contributed by atoms with Gasteiger partial charge in [-0.3, -0.25) is 18.7 Å². The molecule has 1 atom stereocenters. The minimum absolute atomic E-state index is 0.0340. The molecule has 2 heterocycles. The summed E-state index contributed by atoms with van der Waals surface area (Å²) in [5.74, 6) is 0.500. The summed E-state index contributed by atoms with van der Waals surface area (Å²) in [4.78, 5) is 37.4. The summed E-state index contributed by atoms with van der Waals surface area (Å²) in [6, 6.07) is 3.42. The third-order valence-corrected chi connectivity index (χ3v) is 4.81. The van der Waals surface area contributed by atoms with E-state index in [-0.39, 0.29) is 18.1 Å². The highest BCUT2D eigenvalue weighted by Crippen LogP contribution is 2.46. The summed E-state index contributed by atoms with van der Waals surface area (Å²) in [6.45, 7) is 0. The minimum Gasteiger partial charge on any atom is -0.493 e. The Kier molecular flexibility index (Phi) is 4.69. The summed E-state index contributed by atoms with van der Waals surface area (Å²) in [7, 11) is 7.38. The highest BCUT2D eigenvalue weighted by molar-refractivity contribution is 5.94. The molecule has 0 saturated carbocycles. The van der Waals surface area contributed by atoms with Gasteiger partial charge in [-0.25, -0.2) is 4.79 Å². The van der Waals surface area contributed by atoms with Gasteiger partial charge in [0.25, 0.3) is 5.56 Å². The van der Waals surface area contributed by atoms with Crippen LogP contribution in [0.15, 0.2) is 21.7 Å². The lowest BCUT2D eigenvalue weighted by Gasteiger charge is -2.28. The van der Waals surface area contributed by atoms with Gasteiger partial charge in [-0.05, 0) is 6.07 Å². The number of methoxy groups -OCH3 is 3. The Morgan fingerprint density at radius 2 is 1.63 bits per heavy atom. The number of ether oxygens (including phenoxy) is 3. The molecule has 1 aliphatic heterocycles. The van der Waals surface area contributed by atoms with E-state index in [1.54, 1.807) is 12.1 Å². The number of rotatable bonds is 4. The molecule has 2 aromatic rings. The van der Waals surface area contributed by atoms with Gasteiger partial charge in [0.05, 0.1) is 26.9 Å². The molecule has 0 fully saturated rings. The van der Waals surface area contributed by atoms with Crippen LogP contribution < -0.4 is 30.8 Å². The number of hydrogen-bond donors (Lipinski definition) is 1. The van der Waals surface area contributed by atoms with E-state index >= 15 is 0 Å². The molecule has 0 bridgehead atoms. The second-order valence-corrected chi connectivity index (χ2v) is 6.20. The number of carbonyl (C=O) groups is 1. The largest absolute Gasteiger partial charge is 0.493 e. The SMILES string of the molecule is COc1ccc([C@H]2CC(=O)Nc3c2c(=O)n(C)c(=O)n3C)c(OC)c1OC. The van der Waals surface area contributed by atoms with Gasteiger partial charge >= 0.3 is 5.69 Å². The zero-order chi connectivity index (χ0) is 19.9. The van der Waals surface area contributed by atoms with Crippen LogP contribution in [0, 0.1) is 0 Å². The maximum atomic E-state index is 12.9. The van der Waals surface area contributed by atoms with Crippen molar-refractivity contribution in [1.29, 1.82) is 0 Å². The molecule has 9 nitrogen and oxygen atoms in total. The monoisotopic (exact) mass is 375 g/mol. The molecule has 144 valence electrons. The molecule has 1 aromatic heterocycles. The van der Waals surface area contributed by atoms with E-state index in [1.165, 1.54) is 40.0 Å². The van der Waals surface area contributed by atoms with Crippen LogP contribution in [-0.4, -0.2) is 36.4 Å². The van der Waals surface area contributed by atoms with E-state index in [4.69, 9.17) is 14.2 Å². The minimum atomic E-state index is -0.603. The van der Waals surface area contributed by atoms with Crippen LogP contribution in [0.4, 0.5) is 5.82 Å². The van der Waals surface area contributed by atoms with E-state index in [2.05, 4.69) is 5.32 Å². The Morgan fingerprint density at radius 1 is 0.963 bits per heavy atom. The van der Waals surface area contributed by atoms with Crippen molar-refractivity contribution in [2.24, 2.45) is 14.1 Å². The van der Waals surface area contributed by atoms with Gasteiger partial charge in [-0.15, -0.1) is 0 Å². The number of hydrogen-bond acceptors (Lipinski definition) is 6. The molecule has 1 aliphatic rings. The van der Waals surface area contributed by atoms with Crippen molar-refractivity contribution in [3.8, 4) is 17.2 Å². The van der Waals surface area contributed by atoms with Crippen LogP contribution in [0.1, 0.15) is 23.5 Å². The number of fused-ring (bicyclic) bond motifs is 1. The van der Waals surface area contributed by atoms with E-state index in [0.29, 0.717) is 28.4 Å². The van der Waals surface area contributed by atoms with Gasteiger partial charge in [0.2, 0.25) is 11.7 Å². The fraction of sp³-hybridized carbons (Fsp3) is 0.389. The van der Waals surface area contributed by atoms with Crippen molar-refractivity contribution in [3.05, 3.63) is 44.1 Å². The van der Waals surface area contributed by atoms with Crippen molar-refractivity contribution in [1.82, 2.24) is 9.13 Å². The fourth-order valence-corrected chi connectivity index (χ4v) is 3.47. The summed E-state index contributed by atoms with van der Waals surface area (Å²) in [5, 5.41) is 2.64. The number of anilines is 1. The lowest BCUT2D eigenvalue weighted by molar-refractivity contribution is -0.116. The fourth-order valence-electron chi connectivity index (χ4n) is 3.47. The summed E-state index contributed by atoms with van der Waals surface area (Å²) < 4.78 is 18.5. The molecule has 1 N–H and O–H groups in total. The van der Waals surface area contributed by atoms with Crippen LogP contribution in [0.2, 0.25) is 0 Å². The van der Waals surface area contributed by atoms with E-state index < -0.39 is 17.2 Å². The van der Waals surface area contributed by atoms with Gasteiger partial charge in [-0.1, -0.05) is 6.07 Å². The zero-order valence-corrected chi connectivity index (χ0v) is 15.8. The second kappa shape index (κ2) is 6.82. The molecule has 1 amide bonds. The molecule has 0 unspecified atom stereocenters. The number of aromatic nitrogens is 2. The predicted molar refractivity (Wildman–Crippen MR) is 98.1 cm³/mol. The lowest BCUT2D eigenvalue weighted by Crippen LogP contribution is -2.44. The average Bonchev–Trinajstić information content (AvgIpc) is 2.68. The van der Waals surface area contributed by atoms with Crippen molar-refractivity contribution in [2.45, 2.75) is 12.3 Å². The molecule has 27 heavy (non-hydrogen) atoms. The number of benzene rings is 1. The Hall–Kier alpha value is -3.23. The highest BCUT2D eigenvalue weighted by Gasteiger charge is 2.35. The van der Waals surface area contributed by atoms with Gasteiger partial charge < -0.3 is 19.5 Å². The van der Waals surface area contributed by atoms with Crippen molar-refractivity contribution in [3.63, 3.8) is 0 Å². The van der Waals surface area contributed by atoms with E-state index in [1.807, 2.05) is 0 Å². The first-order valence-corrected chi connectivity index (χ1v) is 8.24. The van der Waals surface area contributed by atoms with Crippen LogP contribution in [0.5, 0.6) is 17.2 Å². The molecule has 0 radical (unpaired) electrons. The smallest absolute Gasteiger partial charge is 0.332 e. The van der Waals surface area contributed by atoms with Crippen LogP contribution in [0.3, 0.4) is 0 Å². The highest BCUT2D eigenvalue weighted by atomic mass is 16.5. The topological polar surface area (TPSA) is 101 Å². The van der Waals surface area contributed by atoms with E-state index in [9.17, 15) is 14.4 Å². The molecule has 1 aromatic carbocycles. The quantitative estimate of drug-likeness (QED) is 0.839. The number of amides is 1. The molecular formula is C18H21N3O6. The Bertz CT molecular complexity index is 1040. The van der Waals surface area contributed by atoms with Crippen molar-refractivity contribution >= 4 is 11.7 Å². The molecular weight excluding hydrogens is 354 g/mol. The Balaban J connectivity index is 2.35. The van der Waals surface area contributed by atoms with Gasteiger partial charge in [0, 0.05) is 32.0 Å². The molecule has 9 heteroatoms. The summed E-state index contributed by atoms with van der Waals surface area (Å²) >= 11 is 0. The first kappa shape index (κ1) is 18.6. The first-order chi connectivity index (χ1) is 12.8. The van der Waals surface area contributed by atoms with Gasteiger partial charge in [0.1, 0.15) is 5.82 Å². The van der Waals surface area contributed by atoms with Crippen molar-refractivity contribution in [2.75, 3.05) is 26.6 Å². The number of nitrogens with zero attached hydrogens (tertiary/aromatic N) is 2. The molecule has 0 aliphatic carbocycles. The predicted octanol–water partition coefficient (Wildman–Crippen LogP) is 0.584. The Morgan fingerprint density at radius 3 is 2.22 bits per heavy atom. The molecule has 0 saturated heterocycles. The number of nitrogens with one attached hydrogen (secondary N) is 1. The second-order valence-electron chi connectivity index (χ2n) is 6.20. The maximum absolute atomic E-state index is 12.9. The average molecular weight is 375 g/mol. The summed E-state index contributed by atoms with van der Waals surface area (Å²) in [6.07, 6.45) is 0.0340. The van der Waals surface area contributed by atoms with Gasteiger partial charge in [-0.2, -0.15) is 0 Å². The van der Waals surface area contributed by atoms with Crippen LogP contribution >= 0.6 is 0 Å². The molecule has 3 rings (SSSR count). The van der Waals surface area contributed by atoms with Crippen LogP contribution in [0.25, 0.3) is 0 Å². The first-order valence-electron chi connectivity index (χ1n) is 8.24. The summed E-state index contributed by atoms with van der Waals surface area (Å²) in [5.41, 5.74) is -0.0550. The normalized spacial score (nSPS) is 15.7. The Labute approximate surface area is 155 Å². The van der Waals surface area contributed by atoms with E-state index in [0.717, 1.165) is 4.57 Å². The third-order valence-electron chi connectivity index (χ3n) is 4.81. The molecule has 0 spiro atoms. The standard InChI is InChI=1S/C18H21N3O6/c1-20-16-13(17(23)21(2)18(20)24)10(8-12(22)19-16)9-6-7-11(25-3)15(27-5)14(9)26-4/h6-7,10H,8H2,1-5H3,(H,19,22)/t10-/m1/s1. The maximum Gasteiger partial charge on any atom is 0.332 e. The van der Waals surface area contributed by atoms with Crippen molar-refractivity contribution < 1.29 is 19.0 Å².